The summed E-state index contributed by atoms with van der Waals surface area (Å²) in [5.74, 6) is -1.01. The molecule has 0 radical (unpaired) electrons. The van der Waals surface area contributed by atoms with Gasteiger partial charge in [-0.25, -0.2) is 4.39 Å². The number of alkyl halides is 1. The minimum absolute atomic E-state index is 0.304. The summed E-state index contributed by atoms with van der Waals surface area (Å²) in [5, 5.41) is 2.53. The van der Waals surface area contributed by atoms with Crippen molar-refractivity contribution >= 4 is 11.7 Å². The molecule has 0 aromatic heterocycles. The monoisotopic (exact) mass is 299 g/mol. The van der Waals surface area contributed by atoms with Gasteiger partial charge in [0.25, 0.3) is 0 Å². The van der Waals surface area contributed by atoms with E-state index < -0.39 is 18.0 Å². The van der Waals surface area contributed by atoms with E-state index in [0.717, 1.165) is 5.56 Å². The van der Waals surface area contributed by atoms with Crippen molar-refractivity contribution in [1.82, 2.24) is 5.32 Å². The molecule has 0 saturated carbocycles. The second-order valence-electron chi connectivity index (χ2n) is 5.22. The third kappa shape index (κ3) is 3.79. The van der Waals surface area contributed by atoms with Gasteiger partial charge in [0.05, 0.1) is 6.04 Å². The van der Waals surface area contributed by atoms with Gasteiger partial charge in [-0.2, -0.15) is 0 Å². The minimum Gasteiger partial charge on any atom is -0.346 e. The molecule has 0 fully saturated rings. The van der Waals surface area contributed by atoms with Crippen LogP contribution in [-0.4, -0.2) is 17.9 Å². The first kappa shape index (κ1) is 15.9. The number of aryl methyl sites for hydroxylation is 1. The Hall–Kier alpha value is -2.49. The Morgan fingerprint density at radius 1 is 1.05 bits per heavy atom. The summed E-state index contributed by atoms with van der Waals surface area (Å²) in [6, 6.07) is 14.5. The molecular formula is C18H18FNO2. The van der Waals surface area contributed by atoms with Crippen LogP contribution in [0, 0.1) is 6.92 Å². The van der Waals surface area contributed by atoms with Crippen LogP contribution < -0.4 is 5.32 Å². The van der Waals surface area contributed by atoms with Crippen LogP contribution in [0.5, 0.6) is 0 Å². The summed E-state index contributed by atoms with van der Waals surface area (Å²) in [6.45, 7) is 3.15. The van der Waals surface area contributed by atoms with Crippen LogP contribution in [0.2, 0.25) is 0 Å². The maximum absolute atomic E-state index is 14.8. The van der Waals surface area contributed by atoms with Crippen LogP contribution in [0.25, 0.3) is 0 Å². The van der Waals surface area contributed by atoms with Gasteiger partial charge >= 0.3 is 0 Å². The van der Waals surface area contributed by atoms with Crippen LogP contribution >= 0.6 is 0 Å². The third-order valence-electron chi connectivity index (χ3n) is 3.36. The number of nitrogens with one attached hydrogen (secondary N) is 1. The first-order valence-corrected chi connectivity index (χ1v) is 7.06. The molecule has 4 heteroatoms. The van der Waals surface area contributed by atoms with Crippen LogP contribution in [-0.2, 0) is 4.79 Å². The fourth-order valence-corrected chi connectivity index (χ4v) is 2.31. The molecule has 114 valence electrons. The molecule has 0 spiro atoms. The van der Waals surface area contributed by atoms with Gasteiger partial charge in [-0.05, 0) is 18.6 Å². The quantitative estimate of drug-likeness (QED) is 0.860. The van der Waals surface area contributed by atoms with Crippen molar-refractivity contribution in [2.75, 3.05) is 0 Å². The van der Waals surface area contributed by atoms with Crippen molar-refractivity contribution in [3.8, 4) is 0 Å². The molecule has 2 unspecified atom stereocenters. The number of carbonyl (C=O) groups excluding carboxylic acids is 2. The normalized spacial score (nSPS) is 13.2. The lowest BCUT2D eigenvalue weighted by molar-refractivity contribution is -0.120. The molecule has 1 N–H and O–H groups in total. The molecule has 22 heavy (non-hydrogen) atoms. The Labute approximate surface area is 129 Å². The van der Waals surface area contributed by atoms with Crippen molar-refractivity contribution < 1.29 is 14.0 Å². The van der Waals surface area contributed by atoms with Crippen LogP contribution in [0.3, 0.4) is 0 Å². The number of Topliss-reactive ketones (excluding diaryl/α,β-unsaturated/α-hetero) is 1. The largest absolute Gasteiger partial charge is 0.346 e. The lowest BCUT2D eigenvalue weighted by atomic mass is 9.95. The zero-order valence-electron chi connectivity index (χ0n) is 12.5. The van der Waals surface area contributed by atoms with Gasteiger partial charge in [-0.3, -0.25) is 9.59 Å². The van der Waals surface area contributed by atoms with Gasteiger partial charge in [0, 0.05) is 12.5 Å². The summed E-state index contributed by atoms with van der Waals surface area (Å²) in [6.07, 6.45) is -1.84. The van der Waals surface area contributed by atoms with Crippen molar-refractivity contribution in [1.29, 1.82) is 0 Å². The zero-order chi connectivity index (χ0) is 16.1. The van der Waals surface area contributed by atoms with E-state index in [4.69, 9.17) is 0 Å². The minimum atomic E-state index is -1.84. The number of hydrogen-bond acceptors (Lipinski definition) is 2. The van der Waals surface area contributed by atoms with Crippen molar-refractivity contribution in [3.63, 3.8) is 0 Å². The molecule has 0 heterocycles. The fourth-order valence-electron chi connectivity index (χ4n) is 2.31. The van der Waals surface area contributed by atoms with Crippen LogP contribution in [0.15, 0.2) is 54.6 Å². The Balaban J connectivity index is 2.31. The molecule has 0 saturated heterocycles. The van der Waals surface area contributed by atoms with E-state index in [2.05, 4.69) is 5.32 Å². The van der Waals surface area contributed by atoms with E-state index in [1.54, 1.807) is 48.5 Å². The fraction of sp³-hybridized carbons (Fsp3) is 0.222. The summed E-state index contributed by atoms with van der Waals surface area (Å²) in [7, 11) is 0. The van der Waals surface area contributed by atoms with E-state index in [0.29, 0.717) is 11.1 Å². The average molecular weight is 299 g/mol. The maximum Gasteiger partial charge on any atom is 0.217 e. The molecule has 2 rings (SSSR count). The van der Waals surface area contributed by atoms with Crippen molar-refractivity contribution in [3.05, 3.63) is 71.3 Å². The Morgan fingerprint density at radius 2 is 1.73 bits per heavy atom. The molecule has 1 amide bonds. The summed E-state index contributed by atoms with van der Waals surface area (Å²) >= 11 is 0. The summed E-state index contributed by atoms with van der Waals surface area (Å²) in [5.41, 5.74) is 1.75. The SMILES string of the molecule is CC(=O)NC(c1ccccc1)C(F)C(=O)c1cccc(C)c1. The molecule has 2 aromatic rings. The smallest absolute Gasteiger partial charge is 0.217 e. The number of carbonyl (C=O) groups is 2. The second-order valence-corrected chi connectivity index (χ2v) is 5.22. The van der Waals surface area contributed by atoms with E-state index in [1.807, 2.05) is 13.0 Å². The van der Waals surface area contributed by atoms with E-state index in [-0.39, 0.29) is 5.91 Å². The molecule has 3 nitrogen and oxygen atoms in total. The molecule has 0 aliphatic heterocycles. The van der Waals surface area contributed by atoms with Crippen molar-refractivity contribution in [2.45, 2.75) is 26.1 Å². The Kier molecular flexibility index (Phi) is 5.04. The molecular weight excluding hydrogens is 281 g/mol. The van der Waals surface area contributed by atoms with Crippen molar-refractivity contribution in [2.24, 2.45) is 0 Å². The number of ketones is 1. The van der Waals surface area contributed by atoms with Gasteiger partial charge in [-0.15, -0.1) is 0 Å². The zero-order valence-corrected chi connectivity index (χ0v) is 12.5. The van der Waals surface area contributed by atoms with E-state index in [9.17, 15) is 14.0 Å². The van der Waals surface area contributed by atoms with Crippen LogP contribution in [0.1, 0.15) is 34.5 Å². The predicted octanol–water partition coefficient (Wildman–Crippen LogP) is 3.39. The van der Waals surface area contributed by atoms with Crippen LogP contribution in [0.4, 0.5) is 4.39 Å². The third-order valence-corrected chi connectivity index (χ3v) is 3.36. The number of benzene rings is 2. The molecule has 0 aliphatic carbocycles. The van der Waals surface area contributed by atoms with Gasteiger partial charge < -0.3 is 5.32 Å². The molecule has 0 aliphatic rings. The molecule has 2 atom stereocenters. The highest BCUT2D eigenvalue weighted by Crippen LogP contribution is 2.23. The molecule has 2 aromatic carbocycles. The van der Waals surface area contributed by atoms with Gasteiger partial charge in [0.15, 0.2) is 12.0 Å². The van der Waals surface area contributed by atoms with E-state index in [1.165, 1.54) is 6.92 Å². The highest BCUT2D eigenvalue weighted by Gasteiger charge is 2.30. The maximum atomic E-state index is 14.8. The Bertz CT molecular complexity index is 670. The molecule has 0 bridgehead atoms. The number of amides is 1. The first-order valence-electron chi connectivity index (χ1n) is 7.06. The topological polar surface area (TPSA) is 46.2 Å². The number of hydrogen-bond donors (Lipinski definition) is 1. The highest BCUT2D eigenvalue weighted by atomic mass is 19.1. The summed E-state index contributed by atoms with van der Waals surface area (Å²) < 4.78 is 14.8. The number of rotatable bonds is 5. The number of halogens is 1. The van der Waals surface area contributed by atoms with Gasteiger partial charge in [0.1, 0.15) is 0 Å². The highest BCUT2D eigenvalue weighted by molar-refractivity contribution is 6.00. The lowest BCUT2D eigenvalue weighted by Crippen LogP contribution is -2.37. The first-order chi connectivity index (χ1) is 10.5. The lowest BCUT2D eigenvalue weighted by Gasteiger charge is -2.21. The standard InChI is InChI=1S/C18H18FNO2/c1-12-7-6-10-15(11-12)18(22)16(19)17(20-13(2)21)14-8-4-3-5-9-14/h3-11,16-17H,1-2H3,(H,20,21). The van der Waals surface area contributed by atoms with Gasteiger partial charge in [0.2, 0.25) is 5.91 Å². The van der Waals surface area contributed by atoms with E-state index >= 15 is 0 Å². The summed E-state index contributed by atoms with van der Waals surface area (Å²) in [4.78, 5) is 23.7. The van der Waals surface area contributed by atoms with Gasteiger partial charge in [-0.1, -0.05) is 54.1 Å². The Morgan fingerprint density at radius 3 is 2.32 bits per heavy atom. The predicted molar refractivity (Wildman–Crippen MR) is 83.4 cm³/mol. The average Bonchev–Trinajstić information content (AvgIpc) is 2.52. The second kappa shape index (κ2) is 6.98.